The molecular formula is C24H25N5O2S. The van der Waals surface area contributed by atoms with Gasteiger partial charge in [-0.3, -0.25) is 9.59 Å². The van der Waals surface area contributed by atoms with Crippen LogP contribution in [-0.2, 0) is 0 Å². The Morgan fingerprint density at radius 2 is 1.94 bits per heavy atom. The van der Waals surface area contributed by atoms with Crippen LogP contribution >= 0.6 is 11.3 Å². The molecule has 3 aromatic heterocycles. The van der Waals surface area contributed by atoms with Crippen LogP contribution in [-0.4, -0.2) is 62.9 Å². The Morgan fingerprint density at radius 3 is 2.81 bits per heavy atom. The van der Waals surface area contributed by atoms with E-state index in [1.165, 1.54) is 24.2 Å². The zero-order valence-electron chi connectivity index (χ0n) is 17.8. The quantitative estimate of drug-likeness (QED) is 0.498. The highest BCUT2D eigenvalue weighted by atomic mass is 32.1. The molecular weight excluding hydrogens is 422 g/mol. The molecule has 0 bridgehead atoms. The van der Waals surface area contributed by atoms with Crippen LogP contribution in [0.25, 0.3) is 33.3 Å². The van der Waals surface area contributed by atoms with Crippen molar-refractivity contribution in [1.82, 2.24) is 24.8 Å². The van der Waals surface area contributed by atoms with E-state index in [4.69, 9.17) is 0 Å². The zero-order chi connectivity index (χ0) is 21.7. The predicted octanol–water partition coefficient (Wildman–Crippen LogP) is 3.83. The Morgan fingerprint density at radius 1 is 1.06 bits per heavy atom. The highest BCUT2D eigenvalue weighted by molar-refractivity contribution is 7.09. The van der Waals surface area contributed by atoms with Crippen LogP contribution in [0, 0.1) is 0 Å². The second kappa shape index (κ2) is 7.86. The number of fused-ring (bicyclic) bond motifs is 2. The number of amides is 1. The third-order valence-electron chi connectivity index (χ3n) is 6.77. The van der Waals surface area contributed by atoms with Crippen LogP contribution in [0.15, 0.2) is 39.8 Å². The zero-order valence-corrected chi connectivity index (χ0v) is 18.6. The molecule has 1 atom stereocenters. The summed E-state index contributed by atoms with van der Waals surface area (Å²) in [6.07, 6.45) is 4.69. The van der Waals surface area contributed by atoms with E-state index >= 15 is 0 Å². The molecule has 7 nitrogen and oxygen atoms in total. The Hall–Kier alpha value is -2.97. The Bertz CT molecular complexity index is 1360. The largest absolute Gasteiger partial charge is 0.353 e. The van der Waals surface area contributed by atoms with Crippen molar-refractivity contribution >= 4 is 39.2 Å². The fraction of sp³-hybridized carbons (Fsp3) is 0.375. The summed E-state index contributed by atoms with van der Waals surface area (Å²) in [5, 5.41) is 4.71. The van der Waals surface area contributed by atoms with Crippen molar-refractivity contribution in [2.75, 3.05) is 26.2 Å². The number of carbonyl (C=O) groups excluding carboxylic acids is 1. The maximum atomic E-state index is 13.4. The van der Waals surface area contributed by atoms with Crippen molar-refractivity contribution in [3.63, 3.8) is 0 Å². The molecule has 2 aliphatic rings. The normalized spacial score (nSPS) is 19.5. The summed E-state index contributed by atoms with van der Waals surface area (Å²) in [4.78, 5) is 41.2. The number of H-pyrrole nitrogens is 2. The fourth-order valence-corrected chi connectivity index (χ4v) is 5.81. The van der Waals surface area contributed by atoms with Crippen molar-refractivity contribution in [3.05, 3.63) is 50.9 Å². The summed E-state index contributed by atoms with van der Waals surface area (Å²) < 4.78 is 0. The smallest absolute Gasteiger partial charge is 0.276 e. The molecule has 6 rings (SSSR count). The number of aromatic nitrogens is 3. The number of nitrogens with one attached hydrogen (secondary N) is 2. The first-order chi connectivity index (χ1) is 15.7. The Kier molecular flexibility index (Phi) is 4.84. The minimum atomic E-state index is -0.222. The lowest BCUT2D eigenvalue weighted by Gasteiger charge is -2.28. The van der Waals surface area contributed by atoms with Gasteiger partial charge in [-0.25, -0.2) is 4.98 Å². The Labute approximate surface area is 189 Å². The second-order valence-electron chi connectivity index (χ2n) is 8.87. The topological polar surface area (TPSA) is 85.1 Å². The molecule has 2 aliphatic heterocycles. The highest BCUT2D eigenvalue weighted by Gasteiger charge is 2.31. The lowest BCUT2D eigenvalue weighted by Crippen LogP contribution is -2.42. The molecule has 5 heterocycles. The first-order valence-corrected chi connectivity index (χ1v) is 12.2. The van der Waals surface area contributed by atoms with E-state index in [1.807, 2.05) is 35.0 Å². The summed E-state index contributed by atoms with van der Waals surface area (Å²) in [7, 11) is 0. The monoisotopic (exact) mass is 447 g/mol. The van der Waals surface area contributed by atoms with E-state index in [9.17, 15) is 9.59 Å². The van der Waals surface area contributed by atoms with Crippen LogP contribution in [0.3, 0.4) is 0 Å². The molecule has 0 aliphatic carbocycles. The van der Waals surface area contributed by atoms with E-state index in [-0.39, 0.29) is 11.5 Å². The molecule has 1 amide bonds. The molecule has 164 valence electrons. The van der Waals surface area contributed by atoms with E-state index in [1.54, 1.807) is 0 Å². The van der Waals surface area contributed by atoms with E-state index in [2.05, 4.69) is 24.8 Å². The first-order valence-electron chi connectivity index (χ1n) is 11.3. The maximum Gasteiger partial charge on any atom is 0.276 e. The molecule has 4 aromatic rings. The van der Waals surface area contributed by atoms with Gasteiger partial charge in [-0.05, 0) is 63.0 Å². The molecule has 8 heteroatoms. The number of hydrogen-bond donors (Lipinski definition) is 2. The van der Waals surface area contributed by atoms with E-state index in [0.29, 0.717) is 23.0 Å². The average molecular weight is 448 g/mol. The Balaban J connectivity index is 1.29. The molecule has 2 N–H and O–H groups in total. The molecule has 2 fully saturated rings. The number of aromatic amines is 2. The van der Waals surface area contributed by atoms with Crippen molar-refractivity contribution in [2.45, 2.75) is 31.7 Å². The molecule has 0 radical (unpaired) electrons. The lowest BCUT2D eigenvalue weighted by atomic mass is 10.1. The van der Waals surface area contributed by atoms with E-state index < -0.39 is 0 Å². The summed E-state index contributed by atoms with van der Waals surface area (Å²) in [5.74, 6) is 0.104. The van der Waals surface area contributed by atoms with Crippen molar-refractivity contribution in [1.29, 1.82) is 0 Å². The molecule has 0 unspecified atom stereocenters. The van der Waals surface area contributed by atoms with Crippen LogP contribution < -0.4 is 5.56 Å². The number of likely N-dealkylation sites (tertiary alicyclic amines) is 2. The number of rotatable bonds is 4. The SMILES string of the molecule is O=C(c1ccc2[nH]c(-c3nc4cscc4[nH]c3=O)cc2c1)N1CCC[C@@H]1CN1CCCC1. The van der Waals surface area contributed by atoms with Gasteiger partial charge in [0, 0.05) is 46.4 Å². The standard InChI is InChI=1S/C24H25N5O2S/c30-23-22(26-20-13-32-14-21(20)27-23)19-11-16-10-15(5-6-18(16)25-19)24(31)29-9-3-4-17(29)12-28-7-1-2-8-28/h5-6,10-11,13-14,17,25H,1-4,7-9,12H2,(H,27,30)/t17-/m1/s1. The van der Waals surface area contributed by atoms with Crippen LogP contribution in [0.1, 0.15) is 36.0 Å². The predicted molar refractivity (Wildman–Crippen MR) is 127 cm³/mol. The number of hydrogen-bond acceptors (Lipinski definition) is 5. The molecule has 0 spiro atoms. The summed E-state index contributed by atoms with van der Waals surface area (Å²) in [6.45, 7) is 4.12. The summed E-state index contributed by atoms with van der Waals surface area (Å²) in [6, 6.07) is 7.96. The minimum Gasteiger partial charge on any atom is -0.353 e. The molecule has 1 aromatic carbocycles. The molecule has 0 saturated carbocycles. The average Bonchev–Trinajstić information content (AvgIpc) is 3.58. The van der Waals surface area contributed by atoms with Gasteiger partial charge in [0.15, 0.2) is 5.69 Å². The number of nitrogens with zero attached hydrogens (tertiary/aromatic N) is 3. The number of carbonyl (C=O) groups is 1. The third kappa shape index (κ3) is 3.43. The van der Waals surface area contributed by atoms with Gasteiger partial charge in [0.05, 0.1) is 16.7 Å². The van der Waals surface area contributed by atoms with Gasteiger partial charge >= 0.3 is 0 Å². The van der Waals surface area contributed by atoms with Gasteiger partial charge in [-0.15, -0.1) is 11.3 Å². The molecule has 32 heavy (non-hydrogen) atoms. The van der Waals surface area contributed by atoms with Crippen LogP contribution in [0.5, 0.6) is 0 Å². The van der Waals surface area contributed by atoms with Crippen molar-refractivity contribution < 1.29 is 4.79 Å². The first kappa shape index (κ1) is 19.7. The van der Waals surface area contributed by atoms with Crippen molar-refractivity contribution in [2.24, 2.45) is 0 Å². The second-order valence-corrected chi connectivity index (χ2v) is 9.62. The fourth-order valence-electron chi connectivity index (χ4n) is 5.12. The number of benzene rings is 1. The summed E-state index contributed by atoms with van der Waals surface area (Å²) >= 11 is 1.51. The van der Waals surface area contributed by atoms with Gasteiger partial charge in [0.2, 0.25) is 0 Å². The van der Waals surface area contributed by atoms with Crippen LogP contribution in [0.2, 0.25) is 0 Å². The van der Waals surface area contributed by atoms with Gasteiger partial charge in [-0.2, -0.15) is 0 Å². The van der Waals surface area contributed by atoms with Gasteiger partial charge in [0.25, 0.3) is 11.5 Å². The maximum absolute atomic E-state index is 13.4. The van der Waals surface area contributed by atoms with Gasteiger partial charge in [0.1, 0.15) is 0 Å². The van der Waals surface area contributed by atoms with Gasteiger partial charge in [-0.1, -0.05) is 0 Å². The lowest BCUT2D eigenvalue weighted by molar-refractivity contribution is 0.0709. The van der Waals surface area contributed by atoms with Gasteiger partial charge < -0.3 is 19.8 Å². The van der Waals surface area contributed by atoms with E-state index in [0.717, 1.165) is 61.0 Å². The minimum absolute atomic E-state index is 0.104. The summed E-state index contributed by atoms with van der Waals surface area (Å²) in [5.41, 5.74) is 3.92. The third-order valence-corrected chi connectivity index (χ3v) is 7.50. The number of thiophene rings is 1. The van der Waals surface area contributed by atoms with Crippen molar-refractivity contribution in [3.8, 4) is 11.4 Å². The highest BCUT2D eigenvalue weighted by Crippen LogP contribution is 2.27. The van der Waals surface area contributed by atoms with Crippen LogP contribution in [0.4, 0.5) is 0 Å². The molecule has 2 saturated heterocycles.